The molecule has 1 saturated heterocycles. The molecule has 33 heavy (non-hydrogen) atoms. The minimum atomic E-state index is -2.65. The van der Waals surface area contributed by atoms with Crippen LogP contribution in [0, 0.1) is 23.2 Å². The molecule has 0 spiro atoms. The van der Waals surface area contributed by atoms with Gasteiger partial charge in [0.1, 0.15) is 0 Å². The minimum Gasteiger partial charge on any atom is -0.393 e. The minimum absolute atomic E-state index is 0.292. The largest absolute Gasteiger partial charge is 0.393 e. The lowest BCUT2D eigenvalue weighted by atomic mass is 9.60. The molecule has 4 nitrogen and oxygen atoms in total. The van der Waals surface area contributed by atoms with E-state index in [-0.39, 0.29) is 6.10 Å². The van der Waals surface area contributed by atoms with Crippen LogP contribution in [0.25, 0.3) is 0 Å². The molecule has 188 valence electrons. The number of ether oxygens (including phenoxy) is 1. The number of alkyl halides is 2. The molecule has 3 saturated carbocycles. The van der Waals surface area contributed by atoms with Gasteiger partial charge in [0, 0.05) is 13.1 Å². The predicted octanol–water partition coefficient (Wildman–Crippen LogP) is 5.30. The molecule has 0 amide bonds. The Labute approximate surface area is 198 Å². The highest BCUT2D eigenvalue weighted by atomic mass is 19.3. The van der Waals surface area contributed by atoms with Gasteiger partial charge in [-0.15, -0.1) is 0 Å². The fourth-order valence-electron chi connectivity index (χ4n) is 7.52. The average molecular weight is 468 g/mol. The fourth-order valence-corrected chi connectivity index (χ4v) is 7.52. The Morgan fingerprint density at radius 1 is 1.15 bits per heavy atom. The molecule has 0 radical (unpaired) electrons. The zero-order valence-corrected chi connectivity index (χ0v) is 20.4. The van der Waals surface area contributed by atoms with Crippen LogP contribution in [0.15, 0.2) is 23.3 Å². The van der Waals surface area contributed by atoms with Crippen LogP contribution < -0.4 is 0 Å². The van der Waals surface area contributed by atoms with Gasteiger partial charge in [-0.3, -0.25) is 4.90 Å². The Balaban J connectivity index is 1.29. The Kier molecular flexibility index (Phi) is 8.31. The summed E-state index contributed by atoms with van der Waals surface area (Å²) in [7, 11) is 0. The second kappa shape index (κ2) is 10.8. The second-order valence-electron chi connectivity index (χ2n) is 11.5. The van der Waals surface area contributed by atoms with Gasteiger partial charge in [0.25, 0.3) is 0 Å². The maximum atomic E-state index is 12.3. The molecule has 6 heteroatoms. The monoisotopic (exact) mass is 467 g/mol. The van der Waals surface area contributed by atoms with Crippen molar-refractivity contribution in [2.45, 2.75) is 103 Å². The standard InChI is InChI=1S/C27H43F2NO3/c1-18(5-4-12-30-16-23(17-30)33-26(28)29)24-9-10-25-20(6-3-11-27(24,25)2)8-7-19-13-21(31)15-22(32)14-19/h7-8,18,21-26,31-32H,3-6,9-17H2,1-2H3/t18?,21-,22-,24-,25+,27-/m1/s1. The molecule has 0 aromatic rings. The molecule has 2 N–H and O–H groups in total. The SMILES string of the molecule is CC(CCCN1CC(OC(F)F)C1)[C@H]1CC[C@H]2C(=CC=C3C[C@@H](O)C[C@H](O)C3)CCC[C@]12C. The summed E-state index contributed by atoms with van der Waals surface area (Å²) in [4.78, 5) is 2.23. The van der Waals surface area contributed by atoms with Gasteiger partial charge in [-0.25, -0.2) is 0 Å². The van der Waals surface area contributed by atoms with E-state index in [0.717, 1.165) is 18.9 Å². The van der Waals surface area contributed by atoms with Crippen LogP contribution in [0.1, 0.15) is 78.1 Å². The van der Waals surface area contributed by atoms with Crippen LogP contribution in [-0.2, 0) is 4.74 Å². The number of allylic oxidation sites excluding steroid dienone is 3. The number of rotatable bonds is 8. The lowest BCUT2D eigenvalue weighted by Crippen LogP contribution is -2.52. The molecule has 6 atom stereocenters. The van der Waals surface area contributed by atoms with Crippen LogP contribution in [0.4, 0.5) is 8.78 Å². The van der Waals surface area contributed by atoms with Crippen LogP contribution in [0.2, 0.25) is 0 Å². The van der Waals surface area contributed by atoms with Crippen molar-refractivity contribution in [2.75, 3.05) is 19.6 Å². The lowest BCUT2D eigenvalue weighted by Gasteiger charge is -2.44. The van der Waals surface area contributed by atoms with Crippen molar-refractivity contribution in [3.63, 3.8) is 0 Å². The number of aliphatic hydroxyl groups excluding tert-OH is 2. The topological polar surface area (TPSA) is 52.9 Å². The summed E-state index contributed by atoms with van der Waals surface area (Å²) in [5, 5.41) is 20.0. The first-order valence-corrected chi connectivity index (χ1v) is 13.1. The highest BCUT2D eigenvalue weighted by Crippen LogP contribution is 2.59. The summed E-state index contributed by atoms with van der Waals surface area (Å²) in [6.07, 6.45) is 13.9. The van der Waals surface area contributed by atoms with E-state index < -0.39 is 18.8 Å². The molecule has 0 aromatic carbocycles. The first kappa shape index (κ1) is 25.3. The van der Waals surface area contributed by atoms with Crippen molar-refractivity contribution in [1.82, 2.24) is 4.90 Å². The second-order valence-corrected chi connectivity index (χ2v) is 11.5. The number of halogens is 2. The summed E-state index contributed by atoms with van der Waals surface area (Å²) in [6.45, 7) is 4.54. The Morgan fingerprint density at radius 2 is 1.88 bits per heavy atom. The number of fused-ring (bicyclic) bond motifs is 1. The van der Waals surface area contributed by atoms with Gasteiger partial charge in [0.05, 0.1) is 18.3 Å². The van der Waals surface area contributed by atoms with Crippen molar-refractivity contribution >= 4 is 0 Å². The summed E-state index contributed by atoms with van der Waals surface area (Å²) in [5.74, 6) is 2.07. The van der Waals surface area contributed by atoms with E-state index in [0.29, 0.717) is 49.6 Å². The number of hydrogen-bond acceptors (Lipinski definition) is 4. The van der Waals surface area contributed by atoms with E-state index in [1.807, 2.05) is 0 Å². The number of likely N-dealkylation sites (tertiary alicyclic amines) is 1. The fraction of sp³-hybridized carbons (Fsp3) is 0.852. The average Bonchev–Trinajstić information content (AvgIpc) is 3.06. The molecular weight excluding hydrogens is 424 g/mol. The maximum Gasteiger partial charge on any atom is 0.345 e. The Morgan fingerprint density at radius 3 is 2.58 bits per heavy atom. The normalized spacial score (nSPS) is 37.9. The van der Waals surface area contributed by atoms with Crippen molar-refractivity contribution in [3.8, 4) is 0 Å². The van der Waals surface area contributed by atoms with Crippen LogP contribution in [0.5, 0.6) is 0 Å². The third kappa shape index (κ3) is 6.06. The third-order valence-electron chi connectivity index (χ3n) is 9.15. The molecule has 4 fully saturated rings. The molecule has 0 bridgehead atoms. The van der Waals surface area contributed by atoms with Crippen LogP contribution in [-0.4, -0.2) is 59.7 Å². The van der Waals surface area contributed by atoms with E-state index in [1.54, 1.807) is 5.57 Å². The molecule has 1 aliphatic heterocycles. The van der Waals surface area contributed by atoms with E-state index in [4.69, 9.17) is 0 Å². The molecule has 0 aromatic heterocycles. The molecular formula is C27H43F2NO3. The quantitative estimate of drug-likeness (QED) is 0.509. The summed E-state index contributed by atoms with van der Waals surface area (Å²) < 4.78 is 29.1. The van der Waals surface area contributed by atoms with Crippen LogP contribution >= 0.6 is 0 Å². The van der Waals surface area contributed by atoms with Gasteiger partial charge in [-0.1, -0.05) is 37.1 Å². The van der Waals surface area contributed by atoms with Crippen molar-refractivity contribution < 1.29 is 23.7 Å². The summed E-state index contributed by atoms with van der Waals surface area (Å²) >= 11 is 0. The number of nitrogens with zero attached hydrogens (tertiary/aromatic N) is 1. The number of aliphatic hydroxyl groups is 2. The van der Waals surface area contributed by atoms with E-state index >= 15 is 0 Å². The van der Waals surface area contributed by atoms with Crippen molar-refractivity contribution in [2.24, 2.45) is 23.2 Å². The molecule has 4 aliphatic rings. The van der Waals surface area contributed by atoms with Crippen molar-refractivity contribution in [3.05, 3.63) is 23.3 Å². The zero-order valence-electron chi connectivity index (χ0n) is 20.4. The van der Waals surface area contributed by atoms with Gasteiger partial charge >= 0.3 is 6.61 Å². The van der Waals surface area contributed by atoms with Gasteiger partial charge in [-0.05, 0) is 93.9 Å². The highest BCUT2D eigenvalue weighted by molar-refractivity contribution is 5.26. The number of hydrogen-bond donors (Lipinski definition) is 2. The van der Waals surface area contributed by atoms with Gasteiger partial charge in [-0.2, -0.15) is 8.78 Å². The zero-order chi connectivity index (χ0) is 23.6. The third-order valence-corrected chi connectivity index (χ3v) is 9.15. The molecule has 1 unspecified atom stereocenters. The van der Waals surface area contributed by atoms with Gasteiger partial charge in [0.2, 0.25) is 0 Å². The first-order valence-electron chi connectivity index (χ1n) is 13.1. The van der Waals surface area contributed by atoms with Crippen LogP contribution in [0.3, 0.4) is 0 Å². The lowest BCUT2D eigenvalue weighted by molar-refractivity contribution is -0.195. The van der Waals surface area contributed by atoms with Crippen molar-refractivity contribution in [1.29, 1.82) is 0 Å². The molecule has 1 heterocycles. The smallest absolute Gasteiger partial charge is 0.345 e. The van der Waals surface area contributed by atoms with Gasteiger partial charge in [0.15, 0.2) is 0 Å². The van der Waals surface area contributed by atoms with E-state index in [9.17, 15) is 19.0 Å². The summed E-state index contributed by atoms with van der Waals surface area (Å²) in [5.41, 5.74) is 3.11. The van der Waals surface area contributed by atoms with Gasteiger partial charge < -0.3 is 14.9 Å². The highest BCUT2D eigenvalue weighted by Gasteiger charge is 2.50. The predicted molar refractivity (Wildman–Crippen MR) is 126 cm³/mol. The molecule has 3 aliphatic carbocycles. The Bertz CT molecular complexity index is 708. The van der Waals surface area contributed by atoms with E-state index in [1.165, 1.54) is 44.1 Å². The Hall–Kier alpha value is -0.820. The van der Waals surface area contributed by atoms with E-state index in [2.05, 4.69) is 35.6 Å². The first-order chi connectivity index (χ1) is 15.7. The molecule has 4 rings (SSSR count). The summed E-state index contributed by atoms with van der Waals surface area (Å²) in [6, 6.07) is 0. The maximum absolute atomic E-state index is 12.3.